The number of benzene rings is 1. The minimum Gasteiger partial charge on any atom is -0.355 e. The molecule has 2 heterocycles. The van der Waals surface area contributed by atoms with Crippen LogP contribution < -0.4 is 4.90 Å². The monoisotopic (exact) mass is 394 g/mol. The molecule has 0 unspecified atom stereocenters. The first-order valence-electron chi connectivity index (χ1n) is 8.99. The van der Waals surface area contributed by atoms with Crippen LogP contribution in [-0.4, -0.2) is 41.0 Å². The highest BCUT2D eigenvalue weighted by atomic mass is 19.4. The number of alkyl halides is 3. The fourth-order valence-electron chi connectivity index (χ4n) is 3.38. The van der Waals surface area contributed by atoms with Crippen LogP contribution in [0, 0.1) is 17.0 Å². The Bertz CT molecular complexity index is 840. The van der Waals surface area contributed by atoms with Gasteiger partial charge in [0.25, 0.3) is 5.69 Å². The first kappa shape index (κ1) is 20.1. The second-order valence-electron chi connectivity index (χ2n) is 6.84. The van der Waals surface area contributed by atoms with Crippen molar-refractivity contribution in [1.82, 2.24) is 9.88 Å². The number of hydrogen-bond donors (Lipinski definition) is 0. The second-order valence-corrected chi connectivity index (χ2v) is 6.84. The number of rotatable bonds is 4. The van der Waals surface area contributed by atoms with Crippen molar-refractivity contribution in [2.75, 3.05) is 31.1 Å². The Hall–Kier alpha value is -2.68. The third-order valence-electron chi connectivity index (χ3n) is 5.00. The standard InChI is InChI=1S/C19H21F3N4O2/c1-14-15(4-2-5-17(14)26(27)28)13-24-8-3-9-25(11-10-24)18-7-6-16(12-23-18)19(20,21)22/h2,4-7,12H,3,8-11,13H2,1H3. The lowest BCUT2D eigenvalue weighted by atomic mass is 10.1. The Morgan fingerprint density at radius 1 is 1.14 bits per heavy atom. The van der Waals surface area contributed by atoms with Crippen LogP contribution in [0.5, 0.6) is 0 Å². The smallest absolute Gasteiger partial charge is 0.355 e. The summed E-state index contributed by atoms with van der Waals surface area (Å²) < 4.78 is 38.1. The van der Waals surface area contributed by atoms with E-state index in [0.717, 1.165) is 30.8 Å². The molecule has 6 nitrogen and oxygen atoms in total. The van der Waals surface area contributed by atoms with Crippen LogP contribution in [0.15, 0.2) is 36.5 Å². The van der Waals surface area contributed by atoms with Crippen LogP contribution in [0.4, 0.5) is 24.7 Å². The van der Waals surface area contributed by atoms with E-state index in [4.69, 9.17) is 0 Å². The topological polar surface area (TPSA) is 62.5 Å². The molecule has 1 fully saturated rings. The zero-order valence-corrected chi connectivity index (χ0v) is 15.4. The lowest BCUT2D eigenvalue weighted by molar-refractivity contribution is -0.385. The Labute approximate surface area is 160 Å². The molecule has 3 rings (SSSR count). The molecule has 0 radical (unpaired) electrons. The van der Waals surface area contributed by atoms with Crippen molar-refractivity contribution < 1.29 is 18.1 Å². The van der Waals surface area contributed by atoms with Gasteiger partial charge in [0, 0.05) is 50.6 Å². The van der Waals surface area contributed by atoms with Gasteiger partial charge < -0.3 is 4.90 Å². The molecule has 1 aliphatic rings. The molecule has 0 atom stereocenters. The van der Waals surface area contributed by atoms with E-state index in [1.165, 1.54) is 12.1 Å². The quantitative estimate of drug-likeness (QED) is 0.579. The average Bonchev–Trinajstić information content (AvgIpc) is 2.88. The van der Waals surface area contributed by atoms with Crippen LogP contribution >= 0.6 is 0 Å². The molecule has 1 aromatic carbocycles. The van der Waals surface area contributed by atoms with Crippen LogP contribution in [0.3, 0.4) is 0 Å². The fourth-order valence-corrected chi connectivity index (χ4v) is 3.38. The summed E-state index contributed by atoms with van der Waals surface area (Å²) in [5, 5.41) is 11.1. The van der Waals surface area contributed by atoms with E-state index < -0.39 is 11.7 Å². The van der Waals surface area contributed by atoms with E-state index in [2.05, 4.69) is 9.88 Å². The third-order valence-corrected chi connectivity index (χ3v) is 5.00. The Kier molecular flexibility index (Phi) is 5.83. The van der Waals surface area contributed by atoms with Crippen molar-refractivity contribution >= 4 is 11.5 Å². The van der Waals surface area contributed by atoms with Crippen molar-refractivity contribution in [2.45, 2.75) is 26.1 Å². The highest BCUT2D eigenvalue weighted by Crippen LogP contribution is 2.29. The molecule has 150 valence electrons. The molecule has 0 amide bonds. The molecule has 9 heteroatoms. The highest BCUT2D eigenvalue weighted by Gasteiger charge is 2.31. The van der Waals surface area contributed by atoms with Crippen molar-refractivity contribution in [3.8, 4) is 0 Å². The maximum absolute atomic E-state index is 12.7. The predicted octanol–water partition coefficient (Wildman–Crippen LogP) is 4.03. The maximum Gasteiger partial charge on any atom is 0.417 e. The van der Waals surface area contributed by atoms with Crippen LogP contribution in [0.25, 0.3) is 0 Å². The molecule has 1 aliphatic heterocycles. The van der Waals surface area contributed by atoms with E-state index in [0.29, 0.717) is 37.6 Å². The van der Waals surface area contributed by atoms with Gasteiger partial charge in [-0.2, -0.15) is 13.2 Å². The zero-order valence-electron chi connectivity index (χ0n) is 15.4. The number of halogens is 3. The molecule has 0 bridgehead atoms. The van der Waals surface area contributed by atoms with Crippen molar-refractivity contribution in [3.05, 3.63) is 63.3 Å². The van der Waals surface area contributed by atoms with E-state index >= 15 is 0 Å². The molecule has 1 saturated heterocycles. The van der Waals surface area contributed by atoms with Crippen LogP contribution in [-0.2, 0) is 12.7 Å². The lowest BCUT2D eigenvalue weighted by Crippen LogP contribution is -2.31. The van der Waals surface area contributed by atoms with Crippen LogP contribution in [0.2, 0.25) is 0 Å². The summed E-state index contributed by atoms with van der Waals surface area (Å²) in [6.07, 6.45) is -2.70. The number of nitro groups is 1. The minimum absolute atomic E-state index is 0.114. The zero-order chi connectivity index (χ0) is 20.3. The summed E-state index contributed by atoms with van der Waals surface area (Å²) in [4.78, 5) is 18.9. The van der Waals surface area contributed by atoms with Crippen molar-refractivity contribution in [3.63, 3.8) is 0 Å². The molecule has 0 saturated carbocycles. The average molecular weight is 394 g/mol. The summed E-state index contributed by atoms with van der Waals surface area (Å²) in [7, 11) is 0. The molecule has 28 heavy (non-hydrogen) atoms. The summed E-state index contributed by atoms with van der Waals surface area (Å²) in [5.41, 5.74) is 0.935. The Balaban J connectivity index is 1.66. The molecule has 0 N–H and O–H groups in total. The first-order chi connectivity index (χ1) is 13.3. The van der Waals surface area contributed by atoms with Gasteiger partial charge in [-0.15, -0.1) is 0 Å². The fraction of sp³-hybridized carbons (Fsp3) is 0.421. The Morgan fingerprint density at radius 2 is 1.93 bits per heavy atom. The number of aromatic nitrogens is 1. The van der Waals surface area contributed by atoms with E-state index in [1.807, 2.05) is 11.0 Å². The first-order valence-corrected chi connectivity index (χ1v) is 8.99. The highest BCUT2D eigenvalue weighted by molar-refractivity contribution is 5.44. The number of anilines is 1. The van der Waals surface area contributed by atoms with Crippen LogP contribution in [0.1, 0.15) is 23.1 Å². The van der Waals surface area contributed by atoms with Crippen molar-refractivity contribution in [1.29, 1.82) is 0 Å². The van der Waals surface area contributed by atoms with Gasteiger partial charge in [0.05, 0.1) is 10.5 Å². The van der Waals surface area contributed by atoms with Gasteiger partial charge >= 0.3 is 6.18 Å². The molecule has 2 aromatic rings. The minimum atomic E-state index is -4.39. The van der Waals surface area contributed by atoms with Gasteiger partial charge in [0.15, 0.2) is 0 Å². The molecule has 0 spiro atoms. The van der Waals surface area contributed by atoms with Crippen molar-refractivity contribution in [2.24, 2.45) is 0 Å². The van der Waals surface area contributed by atoms with E-state index in [-0.39, 0.29) is 10.6 Å². The summed E-state index contributed by atoms with van der Waals surface area (Å²) in [6, 6.07) is 7.54. The van der Waals surface area contributed by atoms with E-state index in [1.54, 1.807) is 13.0 Å². The molecule has 0 aliphatic carbocycles. The maximum atomic E-state index is 12.7. The molecular weight excluding hydrogens is 373 g/mol. The normalized spacial score (nSPS) is 16.1. The number of pyridine rings is 1. The summed E-state index contributed by atoms with van der Waals surface area (Å²) in [6.45, 7) is 5.19. The SMILES string of the molecule is Cc1c(CN2CCCN(c3ccc(C(F)(F)F)cn3)CC2)cccc1[N+](=O)[O-]. The molecular formula is C19H21F3N4O2. The molecule has 1 aromatic heterocycles. The number of nitrogens with zero attached hydrogens (tertiary/aromatic N) is 4. The number of nitro benzene ring substituents is 1. The lowest BCUT2D eigenvalue weighted by Gasteiger charge is -2.23. The summed E-state index contributed by atoms with van der Waals surface area (Å²) in [5.74, 6) is 0.529. The van der Waals surface area contributed by atoms with E-state index in [9.17, 15) is 23.3 Å². The van der Waals surface area contributed by atoms with Gasteiger partial charge in [-0.1, -0.05) is 12.1 Å². The van der Waals surface area contributed by atoms with Gasteiger partial charge in [0.1, 0.15) is 5.82 Å². The van der Waals surface area contributed by atoms with Gasteiger partial charge in [-0.3, -0.25) is 15.0 Å². The van der Waals surface area contributed by atoms with Gasteiger partial charge in [0.2, 0.25) is 0 Å². The van der Waals surface area contributed by atoms with Gasteiger partial charge in [-0.25, -0.2) is 4.98 Å². The summed E-state index contributed by atoms with van der Waals surface area (Å²) >= 11 is 0. The van der Waals surface area contributed by atoms with Gasteiger partial charge in [-0.05, 0) is 31.0 Å². The largest absolute Gasteiger partial charge is 0.417 e. The predicted molar refractivity (Wildman–Crippen MR) is 99.2 cm³/mol. The third kappa shape index (κ3) is 4.59. The second kappa shape index (κ2) is 8.14. The Morgan fingerprint density at radius 3 is 2.57 bits per heavy atom. The number of hydrogen-bond acceptors (Lipinski definition) is 5.